The van der Waals surface area contributed by atoms with Gasteiger partial charge in [0.05, 0.1) is 0 Å². The van der Waals surface area contributed by atoms with Crippen LogP contribution in [0.3, 0.4) is 0 Å². The molecule has 1 aromatic carbocycles. The van der Waals surface area contributed by atoms with Gasteiger partial charge in [-0.05, 0) is 80.4 Å². The first kappa shape index (κ1) is 23.2. The Morgan fingerprint density at radius 1 is 1.18 bits per heavy atom. The summed E-state index contributed by atoms with van der Waals surface area (Å²) in [5.41, 5.74) is 2.74. The molecule has 1 nitrogen and oxygen atoms in total. The van der Waals surface area contributed by atoms with E-state index in [-0.39, 0.29) is 0 Å². The van der Waals surface area contributed by atoms with Crippen molar-refractivity contribution in [3.8, 4) is 5.75 Å². The van der Waals surface area contributed by atoms with Gasteiger partial charge in [-0.2, -0.15) is 0 Å². The van der Waals surface area contributed by atoms with Gasteiger partial charge in [0.25, 0.3) is 0 Å². The molecule has 1 N–H and O–H groups in total. The van der Waals surface area contributed by atoms with Gasteiger partial charge in [-0.15, -0.1) is 0 Å². The maximum absolute atomic E-state index is 14.3. The van der Waals surface area contributed by atoms with Crippen LogP contribution in [0.2, 0.25) is 0 Å². The second kappa shape index (κ2) is 9.13. The summed E-state index contributed by atoms with van der Waals surface area (Å²) in [6.45, 7) is 11.8. The smallest absolute Gasteiger partial charge is 0.248 e. The molecule has 1 fully saturated rings. The van der Waals surface area contributed by atoms with Gasteiger partial charge in [0.15, 0.2) is 0 Å². The molecule has 0 saturated heterocycles. The van der Waals surface area contributed by atoms with Crippen LogP contribution in [-0.4, -0.2) is 11.0 Å². The Hall–Kier alpha value is -1.12. The van der Waals surface area contributed by atoms with Gasteiger partial charge in [-0.3, -0.25) is 0 Å². The van der Waals surface area contributed by atoms with Crippen molar-refractivity contribution < 1.29 is 13.9 Å². The van der Waals surface area contributed by atoms with Gasteiger partial charge in [-0.25, -0.2) is 8.78 Å². The lowest BCUT2D eigenvalue weighted by molar-refractivity contribution is -0.0773. The molecule has 3 heteroatoms. The Kier molecular flexibility index (Phi) is 7.56. The number of aryl methyl sites for hydroxylation is 2. The lowest BCUT2D eigenvalue weighted by atomic mass is 9.56. The van der Waals surface area contributed by atoms with Crippen LogP contribution in [0.15, 0.2) is 12.1 Å². The van der Waals surface area contributed by atoms with Gasteiger partial charge in [0.2, 0.25) is 5.92 Å². The van der Waals surface area contributed by atoms with E-state index in [1.54, 1.807) is 0 Å². The van der Waals surface area contributed by atoms with E-state index in [9.17, 15) is 13.9 Å². The summed E-state index contributed by atoms with van der Waals surface area (Å²) in [5, 5.41) is 11.0. The highest BCUT2D eigenvalue weighted by Gasteiger charge is 2.50. The van der Waals surface area contributed by atoms with Crippen molar-refractivity contribution in [3.05, 3.63) is 28.8 Å². The Morgan fingerprint density at radius 2 is 1.86 bits per heavy atom. The third kappa shape index (κ3) is 5.07. The summed E-state index contributed by atoms with van der Waals surface area (Å²) in [6.07, 6.45) is 7.38. The standard InChI is InChI=1S/C25H40F2O/c1-7-8-9-10-11-19-14-18(4)15-22(28)23(19)24(5)16-20(25(6,26)27)12-13-21(24)17(2)3/h14-15,17,20-21,28H,7-13,16H2,1-6H3. The zero-order chi connectivity index (χ0) is 21.1. The zero-order valence-corrected chi connectivity index (χ0v) is 18.7. The largest absolute Gasteiger partial charge is 0.508 e. The molecule has 0 aliphatic heterocycles. The number of halogens is 2. The van der Waals surface area contributed by atoms with E-state index in [0.29, 0.717) is 30.4 Å². The number of phenolic OH excluding ortho intramolecular Hbond substituents is 1. The molecule has 0 radical (unpaired) electrons. The normalized spacial score (nSPS) is 26.0. The first-order chi connectivity index (χ1) is 13.0. The van der Waals surface area contributed by atoms with Gasteiger partial charge in [-0.1, -0.05) is 53.0 Å². The maximum atomic E-state index is 14.3. The highest BCUT2D eigenvalue weighted by molar-refractivity contribution is 5.48. The molecule has 0 amide bonds. The SMILES string of the molecule is CCCCCCc1cc(C)cc(O)c1C1(C)CC(C(C)(F)F)CCC1C(C)C. The van der Waals surface area contributed by atoms with Gasteiger partial charge >= 0.3 is 0 Å². The molecule has 0 aromatic heterocycles. The van der Waals surface area contributed by atoms with E-state index in [2.05, 4.69) is 33.8 Å². The monoisotopic (exact) mass is 394 g/mol. The van der Waals surface area contributed by atoms with Crippen LogP contribution in [0.1, 0.15) is 96.3 Å². The Bertz CT molecular complexity index is 647. The van der Waals surface area contributed by atoms with E-state index >= 15 is 0 Å². The minimum absolute atomic E-state index is 0.300. The molecular formula is C25H40F2O. The molecule has 3 atom stereocenters. The first-order valence-electron chi connectivity index (χ1n) is 11.2. The Morgan fingerprint density at radius 3 is 2.43 bits per heavy atom. The highest BCUT2D eigenvalue weighted by atomic mass is 19.3. The van der Waals surface area contributed by atoms with E-state index in [0.717, 1.165) is 37.3 Å². The number of unbranched alkanes of at least 4 members (excludes halogenated alkanes) is 3. The second-order valence-corrected chi connectivity index (χ2v) is 9.83. The summed E-state index contributed by atoms with van der Waals surface area (Å²) < 4.78 is 28.6. The lowest BCUT2D eigenvalue weighted by Crippen LogP contribution is -2.45. The van der Waals surface area contributed by atoms with Crippen LogP contribution in [0.5, 0.6) is 5.75 Å². The molecule has 0 spiro atoms. The number of hydrogen-bond donors (Lipinski definition) is 1. The number of benzene rings is 1. The topological polar surface area (TPSA) is 20.2 Å². The molecule has 160 valence electrons. The van der Waals surface area contributed by atoms with E-state index < -0.39 is 17.3 Å². The van der Waals surface area contributed by atoms with Crippen LogP contribution in [-0.2, 0) is 11.8 Å². The fourth-order valence-corrected chi connectivity index (χ4v) is 5.69. The van der Waals surface area contributed by atoms with E-state index in [1.807, 2.05) is 13.0 Å². The maximum Gasteiger partial charge on any atom is 0.248 e. The number of rotatable bonds is 8. The van der Waals surface area contributed by atoms with Crippen molar-refractivity contribution in [2.45, 2.75) is 104 Å². The Balaban J connectivity index is 2.49. The van der Waals surface area contributed by atoms with Crippen molar-refractivity contribution >= 4 is 0 Å². The van der Waals surface area contributed by atoms with E-state index in [1.165, 1.54) is 24.8 Å². The summed E-state index contributed by atoms with van der Waals surface area (Å²) in [5.74, 6) is -2.30. The number of aromatic hydroxyl groups is 1. The summed E-state index contributed by atoms with van der Waals surface area (Å²) in [7, 11) is 0. The van der Waals surface area contributed by atoms with Crippen LogP contribution < -0.4 is 0 Å². The molecule has 1 saturated carbocycles. The lowest BCUT2D eigenvalue weighted by Gasteiger charge is -2.49. The van der Waals surface area contributed by atoms with Gasteiger partial charge < -0.3 is 5.11 Å². The fraction of sp³-hybridized carbons (Fsp3) is 0.760. The molecule has 3 unspecified atom stereocenters. The third-order valence-electron chi connectivity index (χ3n) is 7.05. The molecule has 2 rings (SSSR count). The highest BCUT2D eigenvalue weighted by Crippen LogP contribution is 2.54. The minimum Gasteiger partial charge on any atom is -0.508 e. The quantitative estimate of drug-likeness (QED) is 0.446. The van der Waals surface area contributed by atoms with Crippen molar-refractivity contribution in [3.63, 3.8) is 0 Å². The predicted molar refractivity (Wildman–Crippen MR) is 114 cm³/mol. The Labute approximate surface area is 170 Å². The predicted octanol–water partition coefficient (Wildman–Crippen LogP) is 7.81. The number of alkyl halides is 2. The summed E-state index contributed by atoms with van der Waals surface area (Å²) in [4.78, 5) is 0. The van der Waals surface area contributed by atoms with Crippen LogP contribution in [0.4, 0.5) is 8.78 Å². The summed E-state index contributed by atoms with van der Waals surface area (Å²) in [6, 6.07) is 4.00. The number of hydrogen-bond acceptors (Lipinski definition) is 1. The molecule has 1 aliphatic rings. The van der Waals surface area contributed by atoms with Crippen molar-refractivity contribution in [2.24, 2.45) is 17.8 Å². The minimum atomic E-state index is -2.68. The van der Waals surface area contributed by atoms with Crippen molar-refractivity contribution in [2.75, 3.05) is 0 Å². The zero-order valence-electron chi connectivity index (χ0n) is 18.7. The van der Waals surface area contributed by atoms with Crippen LogP contribution >= 0.6 is 0 Å². The average molecular weight is 395 g/mol. The van der Waals surface area contributed by atoms with Crippen LogP contribution in [0, 0.1) is 24.7 Å². The molecular weight excluding hydrogens is 354 g/mol. The van der Waals surface area contributed by atoms with Gasteiger partial charge in [0, 0.05) is 11.5 Å². The molecule has 1 aromatic rings. The van der Waals surface area contributed by atoms with Gasteiger partial charge in [0.1, 0.15) is 5.75 Å². The molecule has 0 heterocycles. The van der Waals surface area contributed by atoms with Crippen LogP contribution in [0.25, 0.3) is 0 Å². The van der Waals surface area contributed by atoms with Crippen molar-refractivity contribution in [1.29, 1.82) is 0 Å². The second-order valence-electron chi connectivity index (χ2n) is 9.83. The summed E-state index contributed by atoms with van der Waals surface area (Å²) >= 11 is 0. The molecule has 28 heavy (non-hydrogen) atoms. The van der Waals surface area contributed by atoms with E-state index in [4.69, 9.17) is 0 Å². The number of phenols is 1. The average Bonchev–Trinajstić information content (AvgIpc) is 2.56. The molecule has 1 aliphatic carbocycles. The third-order valence-corrected chi connectivity index (χ3v) is 7.05. The first-order valence-corrected chi connectivity index (χ1v) is 11.2. The molecule has 0 bridgehead atoms. The fourth-order valence-electron chi connectivity index (χ4n) is 5.69. The van der Waals surface area contributed by atoms with Crippen molar-refractivity contribution in [1.82, 2.24) is 0 Å².